The summed E-state index contributed by atoms with van der Waals surface area (Å²) in [4.78, 5) is 21.8. The molecule has 0 aliphatic carbocycles. The molecule has 0 unspecified atom stereocenters. The van der Waals surface area contributed by atoms with E-state index >= 15 is 0 Å². The van der Waals surface area contributed by atoms with Crippen LogP contribution in [0, 0.1) is 0 Å². The number of benzene rings is 1. The van der Waals surface area contributed by atoms with Crippen LogP contribution in [0.3, 0.4) is 0 Å². The van der Waals surface area contributed by atoms with E-state index in [1.807, 2.05) is 24.3 Å². The van der Waals surface area contributed by atoms with Gasteiger partial charge in [0.15, 0.2) is 0 Å². The third-order valence-corrected chi connectivity index (χ3v) is 2.72. The van der Waals surface area contributed by atoms with E-state index < -0.39 is 5.97 Å². The van der Waals surface area contributed by atoms with Crippen LogP contribution in [0.15, 0.2) is 24.3 Å². The van der Waals surface area contributed by atoms with Crippen molar-refractivity contribution < 1.29 is 24.2 Å². The second-order valence-corrected chi connectivity index (χ2v) is 4.51. The number of amides is 1. The molecule has 0 aliphatic heterocycles. The summed E-state index contributed by atoms with van der Waals surface area (Å²) in [7, 11) is 1.65. The molecular formula is C15H21NO5. The molecule has 0 saturated heterocycles. The molecule has 21 heavy (non-hydrogen) atoms. The molecule has 2 N–H and O–H groups in total. The first kappa shape index (κ1) is 17.0. The lowest BCUT2D eigenvalue weighted by Gasteiger charge is -2.09. The standard InChI is InChI=1S/C15H21NO5/c1-20-8-3-9-21-13-5-2-4-12(10-13)11-16-14(17)6-7-15(18)19/h2,4-5,10H,3,6-9,11H2,1H3,(H,16,17)(H,18,19). The number of hydrogen-bond acceptors (Lipinski definition) is 4. The fraction of sp³-hybridized carbons (Fsp3) is 0.467. The summed E-state index contributed by atoms with van der Waals surface area (Å²) in [5, 5.41) is 11.2. The molecule has 116 valence electrons. The third kappa shape index (κ3) is 7.94. The van der Waals surface area contributed by atoms with Crippen LogP contribution in [-0.4, -0.2) is 37.3 Å². The minimum absolute atomic E-state index is 0.0114. The van der Waals surface area contributed by atoms with E-state index in [9.17, 15) is 9.59 Å². The molecule has 1 aromatic rings. The number of hydrogen-bond donors (Lipinski definition) is 2. The fourth-order valence-corrected chi connectivity index (χ4v) is 1.65. The summed E-state index contributed by atoms with van der Waals surface area (Å²) in [6.45, 7) is 1.58. The fourth-order valence-electron chi connectivity index (χ4n) is 1.65. The summed E-state index contributed by atoms with van der Waals surface area (Å²) >= 11 is 0. The van der Waals surface area contributed by atoms with Gasteiger partial charge in [0.1, 0.15) is 5.75 Å². The highest BCUT2D eigenvalue weighted by molar-refractivity contribution is 5.80. The molecule has 0 bridgehead atoms. The van der Waals surface area contributed by atoms with Gasteiger partial charge < -0.3 is 19.9 Å². The number of ether oxygens (including phenoxy) is 2. The quantitative estimate of drug-likeness (QED) is 0.640. The minimum atomic E-state index is -0.975. The number of aliphatic carboxylic acids is 1. The minimum Gasteiger partial charge on any atom is -0.493 e. The Morgan fingerprint density at radius 3 is 2.76 bits per heavy atom. The number of methoxy groups -OCH3 is 1. The first-order valence-corrected chi connectivity index (χ1v) is 6.81. The molecular weight excluding hydrogens is 274 g/mol. The number of rotatable bonds is 10. The van der Waals surface area contributed by atoms with Crippen molar-refractivity contribution in [3.8, 4) is 5.75 Å². The predicted octanol–water partition coefficient (Wildman–Crippen LogP) is 1.58. The Hall–Kier alpha value is -2.08. The number of carbonyl (C=O) groups is 2. The molecule has 1 amide bonds. The molecule has 0 aliphatic rings. The zero-order valence-corrected chi connectivity index (χ0v) is 12.1. The van der Waals surface area contributed by atoms with Crippen molar-refractivity contribution in [1.29, 1.82) is 0 Å². The number of nitrogens with one attached hydrogen (secondary N) is 1. The first-order chi connectivity index (χ1) is 10.1. The maximum atomic E-state index is 11.4. The summed E-state index contributed by atoms with van der Waals surface area (Å²) in [6, 6.07) is 7.43. The van der Waals surface area contributed by atoms with E-state index in [0.717, 1.165) is 17.7 Å². The molecule has 0 aromatic heterocycles. The van der Waals surface area contributed by atoms with Gasteiger partial charge in [-0.3, -0.25) is 9.59 Å². The zero-order chi connectivity index (χ0) is 15.5. The number of carboxylic acid groups (broad SMARTS) is 1. The molecule has 0 spiro atoms. The van der Waals surface area contributed by atoms with E-state index in [1.54, 1.807) is 7.11 Å². The van der Waals surface area contributed by atoms with Gasteiger partial charge in [0.05, 0.1) is 13.0 Å². The van der Waals surface area contributed by atoms with Gasteiger partial charge in [0.25, 0.3) is 0 Å². The van der Waals surface area contributed by atoms with Crippen molar-refractivity contribution >= 4 is 11.9 Å². The molecule has 0 saturated carbocycles. The number of carbonyl (C=O) groups excluding carboxylic acids is 1. The normalized spacial score (nSPS) is 10.1. The Balaban J connectivity index is 2.34. The monoisotopic (exact) mass is 295 g/mol. The number of carboxylic acids is 1. The molecule has 6 nitrogen and oxygen atoms in total. The molecule has 0 radical (unpaired) electrons. The highest BCUT2D eigenvalue weighted by Gasteiger charge is 2.05. The van der Waals surface area contributed by atoms with Gasteiger partial charge in [-0.2, -0.15) is 0 Å². The second-order valence-electron chi connectivity index (χ2n) is 4.51. The lowest BCUT2D eigenvalue weighted by atomic mass is 10.2. The van der Waals surface area contributed by atoms with Crippen LogP contribution in [0.2, 0.25) is 0 Å². The van der Waals surface area contributed by atoms with Gasteiger partial charge >= 0.3 is 5.97 Å². The smallest absolute Gasteiger partial charge is 0.303 e. The topological polar surface area (TPSA) is 84.9 Å². The van der Waals surface area contributed by atoms with E-state index in [1.165, 1.54) is 0 Å². The molecule has 0 heterocycles. The molecule has 0 atom stereocenters. The Labute approximate surface area is 124 Å². The first-order valence-electron chi connectivity index (χ1n) is 6.81. The van der Waals surface area contributed by atoms with E-state index in [-0.39, 0.29) is 18.7 Å². The summed E-state index contributed by atoms with van der Waals surface area (Å²) in [5.41, 5.74) is 0.905. The average Bonchev–Trinajstić information content (AvgIpc) is 2.48. The maximum absolute atomic E-state index is 11.4. The van der Waals surface area contributed by atoms with Crippen molar-refractivity contribution in [2.75, 3.05) is 20.3 Å². The van der Waals surface area contributed by atoms with E-state index in [4.69, 9.17) is 14.6 Å². The maximum Gasteiger partial charge on any atom is 0.303 e. The molecule has 6 heteroatoms. The van der Waals surface area contributed by atoms with Crippen LogP contribution < -0.4 is 10.1 Å². The van der Waals surface area contributed by atoms with Crippen LogP contribution in [0.1, 0.15) is 24.8 Å². The molecule has 1 aromatic carbocycles. The lowest BCUT2D eigenvalue weighted by molar-refractivity contribution is -0.138. The second kappa shape index (κ2) is 9.77. The van der Waals surface area contributed by atoms with Crippen LogP contribution in [-0.2, 0) is 20.9 Å². The average molecular weight is 295 g/mol. The van der Waals surface area contributed by atoms with E-state index in [0.29, 0.717) is 19.8 Å². The highest BCUT2D eigenvalue weighted by Crippen LogP contribution is 2.13. The van der Waals surface area contributed by atoms with Crippen LogP contribution in [0.4, 0.5) is 0 Å². The van der Waals surface area contributed by atoms with Gasteiger partial charge in [0.2, 0.25) is 5.91 Å². The molecule has 1 rings (SSSR count). The van der Waals surface area contributed by atoms with Crippen LogP contribution in [0.25, 0.3) is 0 Å². The largest absolute Gasteiger partial charge is 0.493 e. The van der Waals surface area contributed by atoms with Gasteiger partial charge in [-0.15, -0.1) is 0 Å². The van der Waals surface area contributed by atoms with Gasteiger partial charge in [-0.1, -0.05) is 12.1 Å². The SMILES string of the molecule is COCCCOc1cccc(CNC(=O)CCC(=O)O)c1. The van der Waals surface area contributed by atoms with Crippen molar-refractivity contribution in [2.24, 2.45) is 0 Å². The van der Waals surface area contributed by atoms with Gasteiger partial charge in [0, 0.05) is 33.1 Å². The summed E-state index contributed by atoms with van der Waals surface area (Å²) in [6.07, 6.45) is 0.643. The Bertz CT molecular complexity index is 461. The van der Waals surface area contributed by atoms with E-state index in [2.05, 4.69) is 5.32 Å². The Kier molecular flexibility index (Phi) is 7.89. The highest BCUT2D eigenvalue weighted by atomic mass is 16.5. The van der Waals surface area contributed by atoms with Crippen LogP contribution >= 0.6 is 0 Å². The van der Waals surface area contributed by atoms with Crippen molar-refractivity contribution in [2.45, 2.75) is 25.8 Å². The predicted molar refractivity (Wildman–Crippen MR) is 77.1 cm³/mol. The van der Waals surface area contributed by atoms with Gasteiger partial charge in [-0.25, -0.2) is 0 Å². The van der Waals surface area contributed by atoms with Crippen molar-refractivity contribution in [3.63, 3.8) is 0 Å². The third-order valence-electron chi connectivity index (χ3n) is 2.72. The van der Waals surface area contributed by atoms with Crippen molar-refractivity contribution in [3.05, 3.63) is 29.8 Å². The zero-order valence-electron chi connectivity index (χ0n) is 12.1. The van der Waals surface area contributed by atoms with Crippen LogP contribution in [0.5, 0.6) is 5.75 Å². The Morgan fingerprint density at radius 2 is 2.05 bits per heavy atom. The van der Waals surface area contributed by atoms with Crippen molar-refractivity contribution in [1.82, 2.24) is 5.32 Å². The lowest BCUT2D eigenvalue weighted by Crippen LogP contribution is -2.23. The summed E-state index contributed by atoms with van der Waals surface area (Å²) < 4.78 is 10.5. The summed E-state index contributed by atoms with van der Waals surface area (Å²) in [5.74, 6) is -0.510. The Morgan fingerprint density at radius 1 is 1.24 bits per heavy atom. The van der Waals surface area contributed by atoms with Gasteiger partial charge in [-0.05, 0) is 17.7 Å². The molecule has 0 fully saturated rings.